The van der Waals surface area contributed by atoms with Crippen LogP contribution < -0.4 is 0 Å². The molecule has 1 N–H and O–H groups in total. The number of imidazole rings is 1. The molecule has 1 fully saturated rings. The van der Waals surface area contributed by atoms with Crippen molar-refractivity contribution in [3.63, 3.8) is 0 Å². The van der Waals surface area contributed by atoms with Gasteiger partial charge in [-0.3, -0.25) is 14.8 Å². The highest BCUT2D eigenvalue weighted by Crippen LogP contribution is 2.33. The van der Waals surface area contributed by atoms with Gasteiger partial charge >= 0.3 is 0 Å². The summed E-state index contributed by atoms with van der Waals surface area (Å²) >= 11 is 0. The van der Waals surface area contributed by atoms with Gasteiger partial charge in [0.1, 0.15) is 0 Å². The number of fused-ring (bicyclic) bond motifs is 1. The van der Waals surface area contributed by atoms with Crippen LogP contribution in [-0.2, 0) is 26.2 Å². The van der Waals surface area contributed by atoms with E-state index in [4.69, 9.17) is 9.97 Å². The average Bonchev–Trinajstić information content (AvgIpc) is 3.24. The number of aliphatic hydroxyl groups excluding tert-OH is 1. The van der Waals surface area contributed by atoms with Crippen molar-refractivity contribution in [2.45, 2.75) is 65.9 Å². The molecule has 0 radical (unpaired) electrons. The third-order valence-electron chi connectivity index (χ3n) is 6.83. The fraction of sp³-hybridized carbons (Fsp3) is 0.615. The molecule has 0 bridgehead atoms. The molecule has 2 aromatic heterocycles. The van der Waals surface area contributed by atoms with E-state index < -0.39 is 0 Å². The van der Waals surface area contributed by atoms with Gasteiger partial charge in [-0.1, -0.05) is 25.1 Å². The topological polar surface area (TPSA) is 60.7 Å². The van der Waals surface area contributed by atoms with Crippen LogP contribution in [0, 0.1) is 0 Å². The van der Waals surface area contributed by atoms with Gasteiger partial charge in [0.25, 0.3) is 0 Å². The first-order valence-electron chi connectivity index (χ1n) is 12.4. The van der Waals surface area contributed by atoms with E-state index in [2.05, 4.69) is 39.3 Å². The molecule has 0 aromatic carbocycles. The maximum Gasteiger partial charge on any atom is 0.0964 e. The molecule has 182 valence electrons. The van der Waals surface area contributed by atoms with Crippen LogP contribution in [0.1, 0.15) is 62.3 Å². The molecule has 0 spiro atoms. The van der Waals surface area contributed by atoms with E-state index in [0.29, 0.717) is 6.04 Å². The Morgan fingerprint density at radius 2 is 1.91 bits per heavy atom. The fourth-order valence-corrected chi connectivity index (χ4v) is 4.67. The molecule has 1 aliphatic heterocycles. The minimum absolute atomic E-state index is 0.0279. The molecule has 33 heavy (non-hydrogen) atoms. The maximum atomic E-state index is 10.1. The summed E-state index contributed by atoms with van der Waals surface area (Å²) in [5, 5.41) is 10.1. The smallest absolute Gasteiger partial charge is 0.0964 e. The van der Waals surface area contributed by atoms with Crippen LogP contribution in [0.15, 0.2) is 36.8 Å². The molecule has 1 aliphatic carbocycles. The lowest BCUT2D eigenvalue weighted by atomic mass is 9.90. The lowest BCUT2D eigenvalue weighted by Crippen LogP contribution is -2.45. The van der Waals surface area contributed by atoms with Crippen molar-refractivity contribution in [1.29, 1.82) is 0 Å². The molecule has 1 atom stereocenters. The molecular weight excluding hydrogens is 412 g/mol. The highest BCUT2D eigenvalue weighted by molar-refractivity contribution is 5.26. The molecule has 0 amide bonds. The first-order chi connectivity index (χ1) is 16.1. The summed E-state index contributed by atoms with van der Waals surface area (Å²) in [6, 6.07) is 4.59. The van der Waals surface area contributed by atoms with Gasteiger partial charge in [0, 0.05) is 38.9 Å². The number of aliphatic hydroxyl groups is 1. The van der Waals surface area contributed by atoms with E-state index in [0.717, 1.165) is 70.2 Å². The number of piperazine rings is 1. The predicted molar refractivity (Wildman–Crippen MR) is 134 cm³/mol. The standard InChI is InChI=1S/C22H34N6O.C4H8/c1-3-27(20-8-4-6-18-7-5-9-23-22(18)20)14-19-21(15-29)28(16-24-19)17-26-12-10-25(2)11-13-26;1-3-4-2/h5,7,9,16,20,29H,3-4,6,8,10-15,17H2,1-2H3;3-4H,1-2H3/b;4-3-/t20-;/m0./s1. The van der Waals surface area contributed by atoms with Gasteiger partial charge in [0.05, 0.1) is 42.7 Å². The second-order valence-electron chi connectivity index (χ2n) is 9.01. The Labute approximate surface area is 199 Å². The number of hydrogen-bond acceptors (Lipinski definition) is 6. The van der Waals surface area contributed by atoms with Crippen molar-refractivity contribution in [1.82, 2.24) is 29.2 Å². The van der Waals surface area contributed by atoms with Gasteiger partial charge < -0.3 is 14.6 Å². The monoisotopic (exact) mass is 454 g/mol. The zero-order valence-electron chi connectivity index (χ0n) is 21.0. The van der Waals surface area contributed by atoms with E-state index in [9.17, 15) is 5.11 Å². The third-order valence-corrected chi connectivity index (χ3v) is 6.83. The van der Waals surface area contributed by atoms with Gasteiger partial charge in [0.2, 0.25) is 0 Å². The van der Waals surface area contributed by atoms with Crippen molar-refractivity contribution < 1.29 is 5.11 Å². The van der Waals surface area contributed by atoms with E-state index in [1.807, 2.05) is 44.6 Å². The SMILES string of the molecule is C/C=C\C.CCN(Cc1ncn(CN2CCN(C)CC2)c1CO)[C@H]1CCCc2cccnc21. The van der Waals surface area contributed by atoms with E-state index in [-0.39, 0.29) is 6.61 Å². The van der Waals surface area contributed by atoms with Gasteiger partial charge in [-0.25, -0.2) is 4.98 Å². The lowest BCUT2D eigenvalue weighted by Gasteiger charge is -2.34. The third kappa shape index (κ3) is 6.73. The Kier molecular flexibility index (Phi) is 10.1. The number of rotatable bonds is 7. The molecular formula is C26H42N6O. The summed E-state index contributed by atoms with van der Waals surface area (Å²) in [6.07, 6.45) is 11.3. The highest BCUT2D eigenvalue weighted by Gasteiger charge is 2.27. The van der Waals surface area contributed by atoms with Crippen LogP contribution in [0.25, 0.3) is 0 Å². The average molecular weight is 455 g/mol. The molecule has 0 unspecified atom stereocenters. The Balaban J connectivity index is 0.000000709. The minimum Gasteiger partial charge on any atom is -0.390 e. The maximum absolute atomic E-state index is 10.1. The number of hydrogen-bond donors (Lipinski definition) is 1. The molecule has 3 heterocycles. The number of aryl methyl sites for hydroxylation is 1. The van der Waals surface area contributed by atoms with Crippen LogP contribution in [0.3, 0.4) is 0 Å². The van der Waals surface area contributed by atoms with Gasteiger partial charge in [0.15, 0.2) is 0 Å². The van der Waals surface area contributed by atoms with Gasteiger partial charge in [-0.05, 0) is 58.3 Å². The number of aromatic nitrogens is 3. The second-order valence-corrected chi connectivity index (χ2v) is 9.01. The predicted octanol–water partition coefficient (Wildman–Crippen LogP) is 3.46. The quantitative estimate of drug-likeness (QED) is 0.647. The largest absolute Gasteiger partial charge is 0.390 e. The normalized spacial score (nSPS) is 19.5. The number of pyridine rings is 1. The summed E-state index contributed by atoms with van der Waals surface area (Å²) in [7, 11) is 2.17. The van der Waals surface area contributed by atoms with Crippen molar-refractivity contribution >= 4 is 0 Å². The molecule has 7 nitrogen and oxygen atoms in total. The van der Waals surface area contributed by atoms with E-state index >= 15 is 0 Å². The van der Waals surface area contributed by atoms with Gasteiger partial charge in [-0.15, -0.1) is 0 Å². The van der Waals surface area contributed by atoms with E-state index in [1.165, 1.54) is 17.7 Å². The lowest BCUT2D eigenvalue weighted by molar-refractivity contribution is 0.121. The summed E-state index contributed by atoms with van der Waals surface area (Å²) in [5.41, 5.74) is 4.54. The Bertz CT molecular complexity index is 867. The van der Waals surface area contributed by atoms with Crippen LogP contribution >= 0.6 is 0 Å². The van der Waals surface area contributed by atoms with Gasteiger partial charge in [-0.2, -0.15) is 0 Å². The zero-order chi connectivity index (χ0) is 23.6. The summed E-state index contributed by atoms with van der Waals surface area (Å²) in [6.45, 7) is 13.0. The zero-order valence-corrected chi connectivity index (χ0v) is 21.0. The first kappa shape index (κ1) is 25.6. The highest BCUT2D eigenvalue weighted by atomic mass is 16.3. The van der Waals surface area contributed by atoms with E-state index in [1.54, 1.807) is 0 Å². The summed E-state index contributed by atoms with van der Waals surface area (Å²) in [4.78, 5) is 16.7. The number of likely N-dealkylation sites (N-methyl/N-ethyl adjacent to an activating group) is 1. The number of allylic oxidation sites excluding steroid dienone is 2. The Morgan fingerprint density at radius 1 is 1.15 bits per heavy atom. The Morgan fingerprint density at radius 3 is 2.58 bits per heavy atom. The van der Waals surface area contributed by atoms with Crippen molar-refractivity contribution in [2.75, 3.05) is 39.8 Å². The number of nitrogens with zero attached hydrogens (tertiary/aromatic N) is 6. The van der Waals surface area contributed by atoms with Crippen molar-refractivity contribution in [3.8, 4) is 0 Å². The summed E-state index contributed by atoms with van der Waals surface area (Å²) < 4.78 is 2.13. The van der Waals surface area contributed by atoms with Crippen LogP contribution in [0.2, 0.25) is 0 Å². The second kappa shape index (κ2) is 13.0. The molecule has 7 heteroatoms. The fourth-order valence-electron chi connectivity index (χ4n) is 4.67. The van der Waals surface area contributed by atoms with Crippen LogP contribution in [0.5, 0.6) is 0 Å². The molecule has 2 aliphatic rings. The molecule has 2 aromatic rings. The van der Waals surface area contributed by atoms with Crippen LogP contribution in [0.4, 0.5) is 0 Å². The van der Waals surface area contributed by atoms with Crippen LogP contribution in [-0.4, -0.2) is 74.1 Å². The van der Waals surface area contributed by atoms with Crippen molar-refractivity contribution in [2.24, 2.45) is 0 Å². The molecule has 1 saturated heterocycles. The van der Waals surface area contributed by atoms with Crippen molar-refractivity contribution in [3.05, 3.63) is 59.5 Å². The first-order valence-corrected chi connectivity index (χ1v) is 12.4. The molecule has 0 saturated carbocycles. The summed E-state index contributed by atoms with van der Waals surface area (Å²) in [5.74, 6) is 0. The Hall–Kier alpha value is -2.06. The molecule has 4 rings (SSSR count). The minimum atomic E-state index is 0.0279.